The predicted molar refractivity (Wildman–Crippen MR) is 161 cm³/mol. The molecule has 4 aromatic rings. The molecule has 5 heteroatoms. The Labute approximate surface area is 232 Å². The number of anilines is 1. The predicted octanol–water partition coefficient (Wildman–Crippen LogP) is 6.27. The van der Waals surface area contributed by atoms with Crippen LogP contribution in [0, 0.1) is 6.92 Å². The Morgan fingerprint density at radius 3 is 2.33 bits per heavy atom. The minimum Gasteiger partial charge on any atom is -0.385 e. The third-order valence-electron chi connectivity index (χ3n) is 7.76. The van der Waals surface area contributed by atoms with Crippen LogP contribution in [0.1, 0.15) is 46.4 Å². The number of carbonyl (C=O) groups excluding carboxylic acids is 1. The lowest BCUT2D eigenvalue weighted by Crippen LogP contribution is -2.54. The van der Waals surface area contributed by atoms with Crippen LogP contribution in [0.5, 0.6) is 0 Å². The summed E-state index contributed by atoms with van der Waals surface area (Å²) < 4.78 is 2.12. The highest BCUT2D eigenvalue weighted by molar-refractivity contribution is 5.96. The van der Waals surface area contributed by atoms with E-state index in [4.69, 9.17) is 0 Å². The molecule has 1 aromatic heterocycles. The van der Waals surface area contributed by atoms with E-state index >= 15 is 0 Å². The summed E-state index contributed by atoms with van der Waals surface area (Å²) in [6.07, 6.45) is 7.64. The molecular weight excluding hydrogens is 480 g/mol. The van der Waals surface area contributed by atoms with Gasteiger partial charge in [-0.2, -0.15) is 0 Å². The molecule has 2 N–H and O–H groups in total. The van der Waals surface area contributed by atoms with Crippen molar-refractivity contribution in [1.29, 1.82) is 0 Å². The molecule has 1 saturated heterocycles. The largest absolute Gasteiger partial charge is 0.385 e. The maximum Gasteiger partial charge on any atom is 0.256 e. The zero-order valence-electron chi connectivity index (χ0n) is 23.0. The Bertz CT molecular complexity index is 1310. The maximum atomic E-state index is 13.7. The van der Waals surface area contributed by atoms with Gasteiger partial charge in [0.15, 0.2) is 0 Å². The van der Waals surface area contributed by atoms with E-state index in [1.807, 2.05) is 25.3 Å². The fourth-order valence-electron chi connectivity index (χ4n) is 5.52. The minimum atomic E-state index is 0.124. The van der Waals surface area contributed by atoms with Gasteiger partial charge in [-0.1, -0.05) is 67.1 Å². The highest BCUT2D eigenvalue weighted by atomic mass is 16.2. The molecule has 5 rings (SSSR count). The zero-order valence-corrected chi connectivity index (χ0v) is 23.0. The van der Waals surface area contributed by atoms with E-state index in [-0.39, 0.29) is 11.9 Å². The zero-order chi connectivity index (χ0) is 26.9. The summed E-state index contributed by atoms with van der Waals surface area (Å²) in [5, 5.41) is 7.02. The van der Waals surface area contributed by atoms with Crippen LogP contribution in [0.15, 0.2) is 97.2 Å². The lowest BCUT2D eigenvalue weighted by Gasteiger charge is -2.36. The molecule has 3 aromatic carbocycles. The van der Waals surface area contributed by atoms with Crippen molar-refractivity contribution in [3.8, 4) is 5.69 Å². The number of amides is 1. The van der Waals surface area contributed by atoms with Gasteiger partial charge in [-0.15, -0.1) is 0 Å². The van der Waals surface area contributed by atoms with E-state index in [0.29, 0.717) is 0 Å². The SMILES string of the molecule is Cc1c(C(=O)N2CCNCC2Cc2ccccc2)ccn1-c1ccc(NCCCCCc2ccccc2)cc1. The van der Waals surface area contributed by atoms with Gasteiger partial charge < -0.3 is 20.1 Å². The average molecular weight is 521 g/mol. The van der Waals surface area contributed by atoms with Crippen LogP contribution in [0.3, 0.4) is 0 Å². The minimum absolute atomic E-state index is 0.124. The number of hydrogen-bond acceptors (Lipinski definition) is 3. The summed E-state index contributed by atoms with van der Waals surface area (Å²) >= 11 is 0. The Morgan fingerprint density at radius 2 is 1.59 bits per heavy atom. The molecule has 0 saturated carbocycles. The molecular formula is C34H40N4O. The van der Waals surface area contributed by atoms with Crippen LogP contribution in [0.25, 0.3) is 5.69 Å². The Balaban J connectivity index is 1.15. The fourth-order valence-corrected chi connectivity index (χ4v) is 5.52. The second kappa shape index (κ2) is 13.3. The number of carbonyl (C=O) groups is 1. The quantitative estimate of drug-likeness (QED) is 0.229. The van der Waals surface area contributed by atoms with Crippen LogP contribution in [-0.2, 0) is 12.8 Å². The Morgan fingerprint density at radius 1 is 0.872 bits per heavy atom. The van der Waals surface area contributed by atoms with E-state index in [9.17, 15) is 4.79 Å². The number of benzene rings is 3. The van der Waals surface area contributed by atoms with Gasteiger partial charge in [-0.25, -0.2) is 0 Å². The molecule has 1 atom stereocenters. The number of piperazine rings is 1. The van der Waals surface area contributed by atoms with Crippen LogP contribution >= 0.6 is 0 Å². The monoisotopic (exact) mass is 520 g/mol. The van der Waals surface area contributed by atoms with Crippen molar-refractivity contribution in [2.75, 3.05) is 31.5 Å². The topological polar surface area (TPSA) is 49.3 Å². The second-order valence-electron chi connectivity index (χ2n) is 10.5. The first kappa shape index (κ1) is 26.8. The van der Waals surface area contributed by atoms with Crippen molar-refractivity contribution in [1.82, 2.24) is 14.8 Å². The number of rotatable bonds is 11. The van der Waals surface area contributed by atoms with Crippen molar-refractivity contribution < 1.29 is 4.79 Å². The maximum absolute atomic E-state index is 13.7. The first-order valence-electron chi connectivity index (χ1n) is 14.3. The molecule has 2 heterocycles. The van der Waals surface area contributed by atoms with Gasteiger partial charge in [0.2, 0.25) is 0 Å². The van der Waals surface area contributed by atoms with Gasteiger partial charge in [0.05, 0.1) is 5.56 Å². The molecule has 202 valence electrons. The smallest absolute Gasteiger partial charge is 0.256 e. The lowest BCUT2D eigenvalue weighted by atomic mass is 10.0. The molecule has 1 aliphatic rings. The van der Waals surface area contributed by atoms with E-state index in [1.165, 1.54) is 24.0 Å². The van der Waals surface area contributed by atoms with E-state index in [0.717, 1.165) is 68.1 Å². The third kappa shape index (κ3) is 6.98. The highest BCUT2D eigenvalue weighted by Crippen LogP contribution is 2.22. The number of nitrogens with zero attached hydrogens (tertiary/aromatic N) is 2. The van der Waals surface area contributed by atoms with Crippen molar-refractivity contribution in [3.63, 3.8) is 0 Å². The molecule has 0 aliphatic carbocycles. The summed E-state index contributed by atoms with van der Waals surface area (Å²) in [5.41, 5.74) is 6.66. The van der Waals surface area contributed by atoms with E-state index < -0.39 is 0 Å². The fraction of sp³-hybridized carbons (Fsp3) is 0.324. The van der Waals surface area contributed by atoms with Crippen molar-refractivity contribution in [2.45, 2.75) is 45.1 Å². The molecule has 1 aliphatic heterocycles. The van der Waals surface area contributed by atoms with E-state index in [2.05, 4.69) is 99.0 Å². The van der Waals surface area contributed by atoms with Gasteiger partial charge in [-0.05, 0) is 74.1 Å². The van der Waals surface area contributed by atoms with Crippen molar-refractivity contribution in [3.05, 3.63) is 120 Å². The van der Waals surface area contributed by atoms with Gasteiger partial charge in [-0.3, -0.25) is 4.79 Å². The molecule has 39 heavy (non-hydrogen) atoms. The summed E-state index contributed by atoms with van der Waals surface area (Å²) in [6, 6.07) is 31.8. The Hall–Kier alpha value is -3.83. The first-order valence-corrected chi connectivity index (χ1v) is 14.3. The van der Waals surface area contributed by atoms with Gasteiger partial charge in [0.25, 0.3) is 5.91 Å². The third-order valence-corrected chi connectivity index (χ3v) is 7.76. The lowest BCUT2D eigenvalue weighted by molar-refractivity contribution is 0.0635. The normalized spacial score (nSPS) is 15.3. The number of unbranched alkanes of at least 4 members (excludes halogenated alkanes) is 2. The summed E-state index contributed by atoms with van der Waals surface area (Å²) in [6.45, 7) is 5.40. The molecule has 1 amide bonds. The molecule has 0 radical (unpaired) electrons. The average Bonchev–Trinajstić information content (AvgIpc) is 3.37. The van der Waals surface area contributed by atoms with Crippen LogP contribution in [0.4, 0.5) is 5.69 Å². The molecule has 0 bridgehead atoms. The van der Waals surface area contributed by atoms with Crippen LogP contribution in [-0.4, -0.2) is 47.6 Å². The summed E-state index contributed by atoms with van der Waals surface area (Å²) in [5.74, 6) is 0.124. The highest BCUT2D eigenvalue weighted by Gasteiger charge is 2.29. The number of aromatic nitrogens is 1. The molecule has 1 fully saturated rings. The summed E-state index contributed by atoms with van der Waals surface area (Å²) in [4.78, 5) is 15.7. The van der Waals surface area contributed by atoms with Gasteiger partial charge in [0, 0.05) is 55.5 Å². The van der Waals surface area contributed by atoms with Gasteiger partial charge >= 0.3 is 0 Å². The molecule has 0 spiro atoms. The number of nitrogens with one attached hydrogen (secondary N) is 2. The van der Waals surface area contributed by atoms with Crippen LogP contribution in [0.2, 0.25) is 0 Å². The standard InChI is InChI=1S/C34H40N4O/c1-27-33(34(39)38-24-22-35-26-32(38)25-29-14-7-3-8-15-29)20-23-37(27)31-18-16-30(17-19-31)36-21-10-4-9-13-28-11-5-2-6-12-28/h2-3,5-8,11-12,14-20,23,32,35-36H,4,9-10,13,21-22,24-26H2,1H3. The molecule has 1 unspecified atom stereocenters. The first-order chi connectivity index (χ1) is 19.2. The Kier molecular flexibility index (Phi) is 9.13. The second-order valence-corrected chi connectivity index (χ2v) is 10.5. The molecule has 5 nitrogen and oxygen atoms in total. The number of hydrogen-bond donors (Lipinski definition) is 2. The summed E-state index contributed by atoms with van der Waals surface area (Å²) in [7, 11) is 0. The van der Waals surface area contributed by atoms with E-state index in [1.54, 1.807) is 0 Å². The van der Waals surface area contributed by atoms with Crippen molar-refractivity contribution >= 4 is 11.6 Å². The number of aryl methyl sites for hydroxylation is 1. The van der Waals surface area contributed by atoms with Crippen LogP contribution < -0.4 is 10.6 Å². The van der Waals surface area contributed by atoms with Gasteiger partial charge in [0.1, 0.15) is 0 Å². The van der Waals surface area contributed by atoms with Crippen molar-refractivity contribution in [2.24, 2.45) is 0 Å².